The van der Waals surface area contributed by atoms with Crippen LogP contribution < -0.4 is 10.2 Å². The summed E-state index contributed by atoms with van der Waals surface area (Å²) in [6, 6.07) is 10.7. The molecular formula is C20H22O5. The quantitative estimate of drug-likeness (QED) is 0.539. The Morgan fingerprint density at radius 2 is 2.00 bits per heavy atom. The van der Waals surface area contributed by atoms with E-state index in [9.17, 15) is 9.59 Å². The molecule has 0 atom stereocenters. The summed E-state index contributed by atoms with van der Waals surface area (Å²) in [4.78, 5) is 23.6. The van der Waals surface area contributed by atoms with Gasteiger partial charge in [0, 0.05) is 12.1 Å². The van der Waals surface area contributed by atoms with Crippen LogP contribution in [-0.2, 0) is 16.1 Å². The molecule has 25 heavy (non-hydrogen) atoms. The molecular weight excluding hydrogens is 320 g/mol. The highest BCUT2D eigenvalue weighted by Crippen LogP contribution is 2.09. The van der Waals surface area contributed by atoms with E-state index in [0.29, 0.717) is 12.5 Å². The highest BCUT2D eigenvalue weighted by atomic mass is 16.5. The van der Waals surface area contributed by atoms with Crippen molar-refractivity contribution in [1.29, 1.82) is 0 Å². The van der Waals surface area contributed by atoms with E-state index in [-0.39, 0.29) is 23.5 Å². The van der Waals surface area contributed by atoms with Gasteiger partial charge in [-0.2, -0.15) is 0 Å². The van der Waals surface area contributed by atoms with Crippen molar-refractivity contribution < 1.29 is 18.7 Å². The first-order valence-corrected chi connectivity index (χ1v) is 8.19. The molecule has 0 aliphatic rings. The van der Waals surface area contributed by atoms with Gasteiger partial charge in [0.05, 0.1) is 6.61 Å². The minimum atomic E-state index is -0.510. The van der Waals surface area contributed by atoms with E-state index in [1.54, 1.807) is 6.08 Å². The molecule has 5 nitrogen and oxygen atoms in total. The molecule has 0 radical (unpaired) electrons. The number of rotatable bonds is 8. The zero-order valence-electron chi connectivity index (χ0n) is 14.4. The zero-order valence-corrected chi connectivity index (χ0v) is 14.4. The summed E-state index contributed by atoms with van der Waals surface area (Å²) in [6.45, 7) is 4.51. The van der Waals surface area contributed by atoms with Gasteiger partial charge in [-0.05, 0) is 24.0 Å². The van der Waals surface area contributed by atoms with E-state index < -0.39 is 5.97 Å². The first kappa shape index (κ1) is 18.5. The van der Waals surface area contributed by atoms with E-state index in [2.05, 4.69) is 13.8 Å². The third-order valence-electron chi connectivity index (χ3n) is 3.37. The predicted molar refractivity (Wildman–Crippen MR) is 95.2 cm³/mol. The third-order valence-corrected chi connectivity index (χ3v) is 3.37. The van der Waals surface area contributed by atoms with Crippen LogP contribution in [0, 0.1) is 5.92 Å². The fourth-order valence-corrected chi connectivity index (χ4v) is 1.94. The Morgan fingerprint density at radius 1 is 1.24 bits per heavy atom. The molecule has 2 rings (SSSR count). The maximum atomic E-state index is 11.9. The van der Waals surface area contributed by atoms with Crippen LogP contribution in [-0.4, -0.2) is 12.6 Å². The number of ether oxygens (including phenoxy) is 2. The van der Waals surface area contributed by atoms with Crippen LogP contribution in [0.15, 0.2) is 57.9 Å². The number of carbonyl (C=O) groups is 1. The van der Waals surface area contributed by atoms with Crippen molar-refractivity contribution in [3.05, 3.63) is 70.3 Å². The Kier molecular flexibility index (Phi) is 7.01. The van der Waals surface area contributed by atoms with E-state index in [1.165, 1.54) is 18.4 Å². The topological polar surface area (TPSA) is 65.7 Å². The number of benzene rings is 1. The Labute approximate surface area is 146 Å². The number of hydrogen-bond acceptors (Lipinski definition) is 5. The van der Waals surface area contributed by atoms with Crippen molar-refractivity contribution in [2.75, 3.05) is 6.61 Å². The van der Waals surface area contributed by atoms with Crippen molar-refractivity contribution in [1.82, 2.24) is 0 Å². The van der Waals surface area contributed by atoms with Gasteiger partial charge in [0.25, 0.3) is 0 Å². The number of carbonyl (C=O) groups excluding carboxylic acids is 1. The van der Waals surface area contributed by atoms with Gasteiger partial charge in [-0.25, -0.2) is 4.79 Å². The lowest BCUT2D eigenvalue weighted by atomic mass is 10.1. The first-order valence-electron chi connectivity index (χ1n) is 8.19. The van der Waals surface area contributed by atoms with Gasteiger partial charge in [-0.15, -0.1) is 0 Å². The molecule has 0 spiro atoms. The smallest absolute Gasteiger partial charge is 0.331 e. The van der Waals surface area contributed by atoms with Crippen LogP contribution in [0.1, 0.15) is 31.6 Å². The fourth-order valence-electron chi connectivity index (χ4n) is 1.94. The number of hydrogen-bond donors (Lipinski definition) is 0. The Balaban J connectivity index is 1.84. The molecule has 0 aliphatic heterocycles. The van der Waals surface area contributed by atoms with Crippen LogP contribution in [0.4, 0.5) is 0 Å². The highest BCUT2D eigenvalue weighted by Gasteiger charge is 2.07. The standard InChI is InChI=1S/C20H22O5/c1-15(2)10-11-23-19-14-24-17(12-18(19)21)13-25-20(22)9-8-16-6-4-3-5-7-16/h3-9,12,14-15H,10-11,13H2,1-2H3/b9-8+. The largest absolute Gasteiger partial charge is 0.487 e. The normalized spacial score (nSPS) is 11.0. The van der Waals surface area contributed by atoms with Crippen molar-refractivity contribution >= 4 is 12.0 Å². The van der Waals surface area contributed by atoms with Crippen LogP contribution in [0.2, 0.25) is 0 Å². The molecule has 0 amide bonds. The molecule has 0 bridgehead atoms. The predicted octanol–water partition coefficient (Wildman–Crippen LogP) is 3.82. The summed E-state index contributed by atoms with van der Waals surface area (Å²) in [5.41, 5.74) is 0.606. The summed E-state index contributed by atoms with van der Waals surface area (Å²) in [5.74, 6) is 0.417. The Bertz CT molecular complexity index is 759. The summed E-state index contributed by atoms with van der Waals surface area (Å²) in [7, 11) is 0. The second-order valence-corrected chi connectivity index (χ2v) is 5.96. The van der Waals surface area contributed by atoms with Gasteiger partial charge in [0.1, 0.15) is 18.6 Å². The molecule has 0 unspecified atom stereocenters. The van der Waals surface area contributed by atoms with Gasteiger partial charge in [0.2, 0.25) is 11.2 Å². The summed E-state index contributed by atoms with van der Waals surface area (Å²) >= 11 is 0. The lowest BCUT2D eigenvalue weighted by Crippen LogP contribution is -2.11. The lowest BCUT2D eigenvalue weighted by Gasteiger charge is -2.07. The van der Waals surface area contributed by atoms with E-state index in [1.807, 2.05) is 30.3 Å². The molecule has 0 saturated carbocycles. The molecule has 0 aliphatic carbocycles. The molecule has 0 N–H and O–H groups in total. The van der Waals surface area contributed by atoms with Gasteiger partial charge in [0.15, 0.2) is 0 Å². The first-order chi connectivity index (χ1) is 12.0. The van der Waals surface area contributed by atoms with Gasteiger partial charge >= 0.3 is 5.97 Å². The van der Waals surface area contributed by atoms with Gasteiger partial charge in [-0.3, -0.25) is 4.79 Å². The summed E-state index contributed by atoms with van der Waals surface area (Å²) < 4.78 is 15.7. The molecule has 0 saturated heterocycles. The molecule has 132 valence electrons. The van der Waals surface area contributed by atoms with Crippen molar-refractivity contribution in [3.8, 4) is 5.75 Å². The fraction of sp³-hybridized carbons (Fsp3) is 0.300. The molecule has 0 fully saturated rings. The van der Waals surface area contributed by atoms with Crippen molar-refractivity contribution in [2.45, 2.75) is 26.9 Å². The van der Waals surface area contributed by atoms with E-state index in [0.717, 1.165) is 12.0 Å². The Hall–Kier alpha value is -2.82. The molecule has 5 heteroatoms. The molecule has 2 aromatic rings. The average Bonchev–Trinajstić information content (AvgIpc) is 2.60. The third kappa shape index (κ3) is 6.67. The molecule has 1 aromatic carbocycles. The second kappa shape index (κ2) is 9.47. The molecule has 1 heterocycles. The van der Waals surface area contributed by atoms with Crippen LogP contribution in [0.3, 0.4) is 0 Å². The van der Waals surface area contributed by atoms with Crippen LogP contribution in [0.25, 0.3) is 6.08 Å². The monoisotopic (exact) mass is 342 g/mol. The summed E-state index contributed by atoms with van der Waals surface area (Å²) in [6.07, 6.45) is 5.10. The SMILES string of the molecule is CC(C)CCOc1coc(COC(=O)/C=C/c2ccccc2)cc1=O. The summed E-state index contributed by atoms with van der Waals surface area (Å²) in [5, 5.41) is 0. The van der Waals surface area contributed by atoms with Crippen molar-refractivity contribution in [2.24, 2.45) is 5.92 Å². The van der Waals surface area contributed by atoms with Gasteiger partial charge in [-0.1, -0.05) is 44.2 Å². The van der Waals surface area contributed by atoms with E-state index >= 15 is 0 Å². The minimum Gasteiger partial charge on any atom is -0.487 e. The van der Waals surface area contributed by atoms with E-state index in [4.69, 9.17) is 13.9 Å². The van der Waals surface area contributed by atoms with Crippen LogP contribution >= 0.6 is 0 Å². The van der Waals surface area contributed by atoms with Crippen molar-refractivity contribution in [3.63, 3.8) is 0 Å². The van der Waals surface area contributed by atoms with Gasteiger partial charge < -0.3 is 13.9 Å². The molecule has 1 aromatic heterocycles. The maximum absolute atomic E-state index is 11.9. The van der Waals surface area contributed by atoms with Crippen LogP contribution in [0.5, 0.6) is 5.75 Å². The lowest BCUT2D eigenvalue weighted by molar-refractivity contribution is -0.139. The number of esters is 1. The maximum Gasteiger partial charge on any atom is 0.331 e. The zero-order chi connectivity index (χ0) is 18.1. The second-order valence-electron chi connectivity index (χ2n) is 5.96. The average molecular weight is 342 g/mol. The Morgan fingerprint density at radius 3 is 2.68 bits per heavy atom. The highest BCUT2D eigenvalue weighted by molar-refractivity contribution is 5.86. The minimum absolute atomic E-state index is 0.112.